The Bertz CT molecular complexity index is 570. The molecule has 1 aromatic rings. The summed E-state index contributed by atoms with van der Waals surface area (Å²) in [7, 11) is 0. The smallest absolute Gasteiger partial charge is 0.299 e. The van der Waals surface area contributed by atoms with Gasteiger partial charge in [-0.25, -0.2) is 9.82 Å². The molecule has 4 nitrogen and oxygen atoms in total. The maximum Gasteiger partial charge on any atom is 0.299 e. The molecule has 0 spiro atoms. The number of hydrazone groups is 1. The molecule has 0 radical (unpaired) electrons. The number of aldehydes is 1. The van der Waals surface area contributed by atoms with Crippen LogP contribution < -0.4 is 5.43 Å². The van der Waals surface area contributed by atoms with Crippen molar-refractivity contribution in [2.24, 2.45) is 5.10 Å². The van der Waals surface area contributed by atoms with Crippen LogP contribution in [-0.4, -0.2) is 23.0 Å². The lowest BCUT2D eigenvalue weighted by Crippen LogP contribution is -2.25. The lowest BCUT2D eigenvalue weighted by Gasteiger charge is -2.19. The molecule has 0 unspecified atom stereocenters. The lowest BCUT2D eigenvalue weighted by atomic mass is 9.85. The number of carbonyl (C=O) groups is 2. The van der Waals surface area contributed by atoms with E-state index < -0.39 is 11.2 Å². The van der Waals surface area contributed by atoms with Crippen LogP contribution >= 0.6 is 11.8 Å². The number of rotatable bonds is 3. The van der Waals surface area contributed by atoms with E-state index in [0.717, 1.165) is 18.0 Å². The van der Waals surface area contributed by atoms with Crippen molar-refractivity contribution < 1.29 is 14.0 Å². The molecule has 2 rings (SSSR count). The highest BCUT2D eigenvalue weighted by Crippen LogP contribution is 2.24. The molecule has 0 atom stereocenters. The summed E-state index contributed by atoms with van der Waals surface area (Å²) in [4.78, 5) is 22.1. The summed E-state index contributed by atoms with van der Waals surface area (Å²) < 4.78 is 13.7. The van der Waals surface area contributed by atoms with Gasteiger partial charge in [0.05, 0.1) is 5.71 Å². The van der Waals surface area contributed by atoms with Crippen molar-refractivity contribution in [3.63, 3.8) is 0 Å². The fraction of sp³-hybridized carbons (Fsp3) is 0.308. The van der Waals surface area contributed by atoms with Gasteiger partial charge in [0.25, 0.3) is 5.24 Å². The minimum Gasteiger partial charge on any atom is -0.302 e. The maximum absolute atomic E-state index is 13.7. The van der Waals surface area contributed by atoms with E-state index in [4.69, 9.17) is 0 Å². The van der Waals surface area contributed by atoms with E-state index in [0.29, 0.717) is 22.6 Å². The van der Waals surface area contributed by atoms with Crippen molar-refractivity contribution in [2.75, 3.05) is 5.75 Å². The molecule has 1 N–H and O–H groups in total. The van der Waals surface area contributed by atoms with Crippen molar-refractivity contribution in [1.29, 1.82) is 0 Å². The van der Waals surface area contributed by atoms with Gasteiger partial charge in [0.2, 0.25) is 0 Å². The summed E-state index contributed by atoms with van der Waals surface area (Å²) in [6.07, 6.45) is 0.782. The Morgan fingerprint density at radius 1 is 1.42 bits per heavy atom. The molecule has 0 saturated heterocycles. The average Bonchev–Trinajstić information content (AvgIpc) is 2.39. The highest BCUT2D eigenvalue weighted by Gasteiger charge is 2.22. The average molecular weight is 280 g/mol. The van der Waals surface area contributed by atoms with Crippen molar-refractivity contribution >= 4 is 29.0 Å². The molecule has 0 aromatic heterocycles. The first-order valence-corrected chi connectivity index (χ1v) is 6.68. The van der Waals surface area contributed by atoms with Crippen LogP contribution in [0.15, 0.2) is 23.3 Å². The first-order chi connectivity index (χ1) is 8.92. The Labute approximate surface area is 114 Å². The number of nitrogens with one attached hydrogen (secondary N) is 1. The number of carbonyl (C=O) groups excluding carboxylic acids is 2. The third kappa shape index (κ3) is 3.01. The molecule has 19 heavy (non-hydrogen) atoms. The summed E-state index contributed by atoms with van der Waals surface area (Å²) in [5.41, 5.74) is 3.34. The topological polar surface area (TPSA) is 58.5 Å². The highest BCUT2D eigenvalue weighted by molar-refractivity contribution is 8.14. The van der Waals surface area contributed by atoms with Gasteiger partial charge in [-0.2, -0.15) is 5.10 Å². The summed E-state index contributed by atoms with van der Waals surface area (Å²) >= 11 is 1.07. The number of hydrogen-bond donors (Lipinski definition) is 1. The van der Waals surface area contributed by atoms with Gasteiger partial charge in [-0.15, -0.1) is 0 Å². The summed E-state index contributed by atoms with van der Waals surface area (Å²) in [5.74, 6) is -0.0389. The minimum atomic E-state index is -0.761. The Morgan fingerprint density at radius 3 is 2.74 bits per heavy atom. The van der Waals surface area contributed by atoms with Crippen molar-refractivity contribution in [3.8, 4) is 0 Å². The van der Waals surface area contributed by atoms with Crippen LogP contribution in [0.4, 0.5) is 9.18 Å². The monoisotopic (exact) mass is 280 g/mol. The number of hydrogen-bond acceptors (Lipinski definition) is 4. The molecule has 0 saturated carbocycles. The zero-order chi connectivity index (χ0) is 14.0. The Morgan fingerprint density at radius 2 is 2.16 bits per heavy atom. The first-order valence-electron chi connectivity index (χ1n) is 5.69. The second-order valence-electron chi connectivity index (χ2n) is 4.81. The van der Waals surface area contributed by atoms with Crippen LogP contribution in [0.2, 0.25) is 0 Å². The van der Waals surface area contributed by atoms with Crippen molar-refractivity contribution in [1.82, 2.24) is 5.43 Å². The van der Waals surface area contributed by atoms with E-state index in [2.05, 4.69) is 10.5 Å². The van der Waals surface area contributed by atoms with Gasteiger partial charge in [0, 0.05) is 16.7 Å². The van der Waals surface area contributed by atoms with E-state index in [1.54, 1.807) is 19.9 Å². The fourth-order valence-electron chi connectivity index (χ4n) is 1.66. The van der Waals surface area contributed by atoms with Crippen LogP contribution in [0, 0.1) is 5.82 Å². The minimum absolute atomic E-state index is 0.228. The van der Waals surface area contributed by atoms with Crippen LogP contribution in [-0.2, 0) is 10.2 Å². The summed E-state index contributed by atoms with van der Waals surface area (Å²) in [6, 6.07) is 4.42. The number of thioether (sulfide) groups is 1. The Balaban J connectivity index is 2.42. The molecular weight excluding hydrogens is 267 g/mol. The molecule has 1 aliphatic heterocycles. The van der Waals surface area contributed by atoms with Gasteiger partial charge in [-0.3, -0.25) is 4.79 Å². The van der Waals surface area contributed by atoms with E-state index in [-0.39, 0.29) is 5.24 Å². The van der Waals surface area contributed by atoms with E-state index in [1.165, 1.54) is 12.1 Å². The maximum atomic E-state index is 13.7. The lowest BCUT2D eigenvalue weighted by molar-refractivity contribution is -0.111. The zero-order valence-corrected chi connectivity index (χ0v) is 11.4. The third-order valence-electron chi connectivity index (χ3n) is 2.89. The number of amides is 1. The van der Waals surface area contributed by atoms with Gasteiger partial charge in [-0.05, 0) is 37.6 Å². The van der Waals surface area contributed by atoms with E-state index >= 15 is 0 Å². The number of nitrogens with zero attached hydrogens (tertiary/aromatic N) is 1. The quantitative estimate of drug-likeness (QED) is 0.865. The largest absolute Gasteiger partial charge is 0.302 e. The third-order valence-corrected chi connectivity index (χ3v) is 3.66. The van der Waals surface area contributed by atoms with Gasteiger partial charge >= 0.3 is 0 Å². The Kier molecular flexibility index (Phi) is 3.71. The zero-order valence-electron chi connectivity index (χ0n) is 10.6. The van der Waals surface area contributed by atoms with Crippen LogP contribution in [0.25, 0.3) is 0 Å². The fourth-order valence-corrected chi connectivity index (χ4v) is 2.26. The van der Waals surface area contributed by atoms with Crippen LogP contribution in [0.1, 0.15) is 25.0 Å². The molecule has 1 amide bonds. The molecule has 0 bridgehead atoms. The predicted octanol–water partition coefficient (Wildman–Crippen LogP) is 2.46. The van der Waals surface area contributed by atoms with Crippen LogP contribution in [0.5, 0.6) is 0 Å². The Hall–Kier alpha value is -1.69. The normalized spacial score (nSPS) is 15.7. The predicted molar refractivity (Wildman–Crippen MR) is 73.0 cm³/mol. The molecule has 0 aliphatic carbocycles. The molecule has 1 heterocycles. The SMILES string of the molecule is CC(C)(C=O)c1cc(F)cc(C2=NNC(=O)SC2)c1. The summed E-state index contributed by atoms with van der Waals surface area (Å²) in [6.45, 7) is 3.44. The van der Waals surface area contributed by atoms with Gasteiger partial charge in [0.1, 0.15) is 12.1 Å². The standard InChI is InChI=1S/C13H13FN2O2S/c1-13(2,7-17)9-3-8(4-10(14)5-9)11-6-19-12(18)16-15-11/h3-5,7H,6H2,1-2H3,(H,16,18). The van der Waals surface area contributed by atoms with Gasteiger partial charge in [0.15, 0.2) is 0 Å². The second kappa shape index (κ2) is 5.13. The molecule has 0 fully saturated rings. The number of benzene rings is 1. The first kappa shape index (κ1) is 13.7. The molecule has 1 aliphatic rings. The highest BCUT2D eigenvalue weighted by atomic mass is 32.2. The summed E-state index contributed by atoms with van der Waals surface area (Å²) in [5, 5.41) is 3.68. The van der Waals surface area contributed by atoms with Crippen molar-refractivity contribution in [2.45, 2.75) is 19.3 Å². The molecule has 1 aromatic carbocycles. The van der Waals surface area contributed by atoms with Crippen LogP contribution in [0.3, 0.4) is 0 Å². The van der Waals surface area contributed by atoms with Gasteiger partial charge in [-0.1, -0.05) is 11.8 Å². The van der Waals surface area contributed by atoms with E-state index in [1.807, 2.05) is 0 Å². The number of halogens is 1. The van der Waals surface area contributed by atoms with Gasteiger partial charge < -0.3 is 4.79 Å². The molecular formula is C13H13FN2O2S. The van der Waals surface area contributed by atoms with E-state index in [9.17, 15) is 14.0 Å². The molecule has 100 valence electrons. The molecule has 6 heteroatoms. The second-order valence-corrected chi connectivity index (χ2v) is 5.76. The van der Waals surface area contributed by atoms with Crippen molar-refractivity contribution in [3.05, 3.63) is 35.1 Å².